The van der Waals surface area contributed by atoms with Crippen LogP contribution >= 0.6 is 0 Å². The average molecular weight is 329 g/mol. The summed E-state index contributed by atoms with van der Waals surface area (Å²) in [5, 5.41) is 0. The van der Waals surface area contributed by atoms with Gasteiger partial charge in [-0.1, -0.05) is 42.5 Å². The van der Waals surface area contributed by atoms with Crippen molar-refractivity contribution in [1.82, 2.24) is 4.90 Å². The number of rotatable bonds is 5. The summed E-state index contributed by atoms with van der Waals surface area (Å²) in [4.78, 5) is 24.8. The molecule has 0 heterocycles. The van der Waals surface area contributed by atoms with E-state index in [4.69, 9.17) is 4.74 Å². The molecule has 1 amide bonds. The number of nitrogens with zero attached hydrogens (tertiary/aromatic N) is 1. The van der Waals surface area contributed by atoms with Crippen LogP contribution in [0.2, 0.25) is 0 Å². The molecule has 2 rings (SSSR count). The Morgan fingerprint density at radius 3 is 2.38 bits per heavy atom. The van der Waals surface area contributed by atoms with Crippen LogP contribution in [0.4, 0.5) is 4.39 Å². The number of esters is 1. The van der Waals surface area contributed by atoms with Crippen molar-refractivity contribution >= 4 is 11.9 Å². The number of halogens is 1. The van der Waals surface area contributed by atoms with E-state index in [0.717, 1.165) is 5.56 Å². The number of hydrogen-bond acceptors (Lipinski definition) is 3. The second-order valence-electron chi connectivity index (χ2n) is 5.72. The number of benzene rings is 2. The van der Waals surface area contributed by atoms with Crippen LogP contribution in [0.1, 0.15) is 18.4 Å². The van der Waals surface area contributed by atoms with Gasteiger partial charge in [0.05, 0.1) is 5.92 Å². The van der Waals surface area contributed by atoms with Gasteiger partial charge in [0.1, 0.15) is 5.82 Å². The molecule has 126 valence electrons. The molecule has 0 aliphatic heterocycles. The van der Waals surface area contributed by atoms with Crippen LogP contribution in [0.3, 0.4) is 0 Å². The van der Waals surface area contributed by atoms with Gasteiger partial charge in [-0.05, 0) is 24.1 Å². The van der Waals surface area contributed by atoms with Crippen molar-refractivity contribution in [3.05, 3.63) is 59.9 Å². The molecular formula is C19H20FNO3. The van der Waals surface area contributed by atoms with Crippen molar-refractivity contribution in [2.45, 2.75) is 12.8 Å². The first-order valence-electron chi connectivity index (χ1n) is 7.62. The van der Waals surface area contributed by atoms with Crippen LogP contribution in [0.15, 0.2) is 48.5 Å². The summed E-state index contributed by atoms with van der Waals surface area (Å²) in [7, 11) is 3.16. The third-order valence-corrected chi connectivity index (χ3v) is 3.77. The molecule has 0 aliphatic carbocycles. The molecular weight excluding hydrogens is 309 g/mol. The van der Waals surface area contributed by atoms with E-state index >= 15 is 0 Å². The van der Waals surface area contributed by atoms with Gasteiger partial charge in [-0.2, -0.15) is 0 Å². The van der Waals surface area contributed by atoms with E-state index in [9.17, 15) is 14.0 Å². The molecule has 0 N–H and O–H groups in total. The highest BCUT2D eigenvalue weighted by molar-refractivity contribution is 5.83. The molecule has 2 aromatic rings. The smallest absolute Gasteiger partial charge is 0.313 e. The number of carbonyl (C=O) groups is 2. The average Bonchev–Trinajstić information content (AvgIpc) is 2.59. The number of carbonyl (C=O) groups excluding carboxylic acids is 2. The minimum absolute atomic E-state index is 0.304. The summed E-state index contributed by atoms with van der Waals surface area (Å²) in [6, 6.07) is 13.9. The monoisotopic (exact) mass is 329 g/mol. The summed E-state index contributed by atoms with van der Waals surface area (Å²) >= 11 is 0. The molecule has 2 aromatic carbocycles. The van der Waals surface area contributed by atoms with E-state index in [1.165, 1.54) is 11.0 Å². The van der Waals surface area contributed by atoms with Crippen LogP contribution in [0.5, 0.6) is 0 Å². The van der Waals surface area contributed by atoms with Gasteiger partial charge >= 0.3 is 5.97 Å². The Bertz CT molecular complexity index is 729. The van der Waals surface area contributed by atoms with E-state index in [1.807, 2.05) is 30.3 Å². The molecule has 0 radical (unpaired) electrons. The van der Waals surface area contributed by atoms with Gasteiger partial charge in [-0.3, -0.25) is 9.59 Å². The van der Waals surface area contributed by atoms with Crippen molar-refractivity contribution in [2.75, 3.05) is 20.7 Å². The lowest BCUT2D eigenvalue weighted by molar-refractivity contribution is -0.152. The van der Waals surface area contributed by atoms with Gasteiger partial charge in [-0.15, -0.1) is 0 Å². The zero-order valence-corrected chi connectivity index (χ0v) is 14.0. The maximum Gasteiger partial charge on any atom is 0.313 e. The Balaban J connectivity index is 2.10. The predicted octanol–water partition coefficient (Wildman–Crippen LogP) is 3.23. The van der Waals surface area contributed by atoms with Gasteiger partial charge in [0.2, 0.25) is 0 Å². The SMILES string of the molecule is C[C@@H](C(=O)OCC(=O)N(C)C)c1ccc(-c2ccccc2)c(F)c1. The fraction of sp³-hybridized carbons (Fsp3) is 0.263. The van der Waals surface area contributed by atoms with Crippen LogP contribution in [0.25, 0.3) is 11.1 Å². The van der Waals surface area contributed by atoms with Crippen molar-refractivity contribution in [1.29, 1.82) is 0 Å². The maximum absolute atomic E-state index is 14.4. The van der Waals surface area contributed by atoms with Crippen LogP contribution in [-0.4, -0.2) is 37.5 Å². The molecule has 1 atom stereocenters. The maximum atomic E-state index is 14.4. The first-order chi connectivity index (χ1) is 11.4. The third kappa shape index (κ3) is 4.19. The standard InChI is InChI=1S/C19H20FNO3/c1-13(19(23)24-12-18(22)21(2)3)15-9-10-16(17(20)11-15)14-7-5-4-6-8-14/h4-11,13H,12H2,1-3H3/t13-/m1/s1. The van der Waals surface area contributed by atoms with Crippen molar-refractivity contribution in [3.8, 4) is 11.1 Å². The number of hydrogen-bond donors (Lipinski definition) is 0. The fourth-order valence-electron chi connectivity index (χ4n) is 2.18. The largest absolute Gasteiger partial charge is 0.455 e. The summed E-state index contributed by atoms with van der Waals surface area (Å²) in [6.45, 7) is 1.31. The molecule has 0 saturated heterocycles. The quantitative estimate of drug-likeness (QED) is 0.791. The Morgan fingerprint density at radius 2 is 1.79 bits per heavy atom. The Labute approximate surface area is 140 Å². The van der Waals surface area contributed by atoms with E-state index in [1.54, 1.807) is 33.2 Å². The van der Waals surface area contributed by atoms with Crippen molar-refractivity contribution in [2.24, 2.45) is 0 Å². The molecule has 0 saturated carbocycles. The second-order valence-corrected chi connectivity index (χ2v) is 5.72. The first-order valence-corrected chi connectivity index (χ1v) is 7.62. The molecule has 4 nitrogen and oxygen atoms in total. The van der Waals surface area contributed by atoms with E-state index in [-0.39, 0.29) is 12.5 Å². The molecule has 0 spiro atoms. The minimum Gasteiger partial charge on any atom is -0.455 e. The number of amides is 1. The van der Waals surface area contributed by atoms with E-state index < -0.39 is 17.7 Å². The summed E-state index contributed by atoms with van der Waals surface area (Å²) in [5.74, 6) is -1.92. The summed E-state index contributed by atoms with van der Waals surface area (Å²) in [6.07, 6.45) is 0. The lowest BCUT2D eigenvalue weighted by Crippen LogP contribution is -2.28. The fourth-order valence-corrected chi connectivity index (χ4v) is 2.18. The first kappa shape index (κ1) is 17.7. The van der Waals surface area contributed by atoms with Crippen LogP contribution in [0, 0.1) is 5.82 Å². The third-order valence-electron chi connectivity index (χ3n) is 3.77. The highest BCUT2D eigenvalue weighted by Crippen LogP contribution is 2.26. The van der Waals surface area contributed by atoms with Crippen LogP contribution < -0.4 is 0 Å². The van der Waals surface area contributed by atoms with Crippen molar-refractivity contribution < 1.29 is 18.7 Å². The van der Waals surface area contributed by atoms with Crippen molar-refractivity contribution in [3.63, 3.8) is 0 Å². The lowest BCUT2D eigenvalue weighted by atomic mass is 9.97. The second kappa shape index (κ2) is 7.73. The summed E-state index contributed by atoms with van der Waals surface area (Å²) < 4.78 is 19.4. The molecule has 5 heteroatoms. The topological polar surface area (TPSA) is 46.6 Å². The lowest BCUT2D eigenvalue weighted by Gasteiger charge is -2.14. The molecule has 24 heavy (non-hydrogen) atoms. The van der Waals surface area contributed by atoms with Crippen LogP contribution in [-0.2, 0) is 14.3 Å². The summed E-state index contributed by atoms with van der Waals surface area (Å²) in [5.41, 5.74) is 1.76. The molecule has 0 aliphatic rings. The zero-order valence-electron chi connectivity index (χ0n) is 14.0. The molecule has 0 fully saturated rings. The Morgan fingerprint density at radius 1 is 1.12 bits per heavy atom. The predicted molar refractivity (Wildman–Crippen MR) is 89.9 cm³/mol. The molecule has 0 unspecified atom stereocenters. The highest BCUT2D eigenvalue weighted by atomic mass is 19.1. The van der Waals surface area contributed by atoms with E-state index in [2.05, 4.69) is 0 Å². The van der Waals surface area contributed by atoms with Gasteiger partial charge < -0.3 is 9.64 Å². The zero-order chi connectivity index (χ0) is 17.7. The molecule has 0 bridgehead atoms. The normalized spacial score (nSPS) is 11.7. The van der Waals surface area contributed by atoms with Gasteiger partial charge in [-0.25, -0.2) is 4.39 Å². The van der Waals surface area contributed by atoms with Gasteiger partial charge in [0.25, 0.3) is 5.91 Å². The number of ether oxygens (including phenoxy) is 1. The van der Waals surface area contributed by atoms with E-state index in [0.29, 0.717) is 11.1 Å². The Hall–Kier alpha value is -2.69. The van der Waals surface area contributed by atoms with Gasteiger partial charge in [0, 0.05) is 19.7 Å². The minimum atomic E-state index is -0.653. The Kier molecular flexibility index (Phi) is 5.68. The molecule has 0 aromatic heterocycles. The highest BCUT2D eigenvalue weighted by Gasteiger charge is 2.20. The van der Waals surface area contributed by atoms with Gasteiger partial charge in [0.15, 0.2) is 6.61 Å². The number of likely N-dealkylation sites (N-methyl/N-ethyl adjacent to an activating group) is 1.